The third kappa shape index (κ3) is 2.30. The predicted octanol–water partition coefficient (Wildman–Crippen LogP) is 1.87. The number of furan rings is 1. The highest BCUT2D eigenvalue weighted by atomic mass is 16.5. The standard InChI is InChI=1S/C11H15N3O2/c1-3-8(12-2)7-10-13-11(14-16-10)9-5-4-6-15-9/h4-6,8,12H,3,7H2,1-2H3. The van der Waals surface area contributed by atoms with Gasteiger partial charge in [-0.1, -0.05) is 12.1 Å². The average Bonchev–Trinajstić information content (AvgIpc) is 2.96. The third-order valence-corrected chi connectivity index (χ3v) is 2.53. The van der Waals surface area contributed by atoms with E-state index in [0.717, 1.165) is 12.8 Å². The lowest BCUT2D eigenvalue weighted by Gasteiger charge is -2.09. The lowest BCUT2D eigenvalue weighted by molar-refractivity contribution is 0.358. The van der Waals surface area contributed by atoms with Crippen molar-refractivity contribution in [2.45, 2.75) is 25.8 Å². The number of hydrogen-bond donors (Lipinski definition) is 1. The lowest BCUT2D eigenvalue weighted by atomic mass is 10.1. The highest BCUT2D eigenvalue weighted by Gasteiger charge is 2.13. The van der Waals surface area contributed by atoms with E-state index in [1.165, 1.54) is 0 Å². The van der Waals surface area contributed by atoms with Gasteiger partial charge in [-0.15, -0.1) is 0 Å². The molecule has 0 spiro atoms. The largest absolute Gasteiger partial charge is 0.461 e. The zero-order chi connectivity index (χ0) is 11.4. The Morgan fingerprint density at radius 1 is 1.50 bits per heavy atom. The van der Waals surface area contributed by atoms with E-state index in [1.54, 1.807) is 12.3 Å². The van der Waals surface area contributed by atoms with Crippen LogP contribution in [-0.2, 0) is 6.42 Å². The molecule has 16 heavy (non-hydrogen) atoms. The second-order valence-corrected chi connectivity index (χ2v) is 3.59. The van der Waals surface area contributed by atoms with Gasteiger partial charge in [0.1, 0.15) is 0 Å². The van der Waals surface area contributed by atoms with Gasteiger partial charge in [-0.3, -0.25) is 0 Å². The van der Waals surface area contributed by atoms with E-state index in [1.807, 2.05) is 13.1 Å². The first-order valence-corrected chi connectivity index (χ1v) is 5.37. The maximum Gasteiger partial charge on any atom is 0.238 e. The Kier molecular flexibility index (Phi) is 3.36. The van der Waals surface area contributed by atoms with Gasteiger partial charge in [-0.05, 0) is 25.6 Å². The third-order valence-electron chi connectivity index (χ3n) is 2.53. The molecule has 1 atom stereocenters. The molecule has 1 N–H and O–H groups in total. The van der Waals surface area contributed by atoms with Gasteiger partial charge >= 0.3 is 0 Å². The molecule has 0 saturated carbocycles. The van der Waals surface area contributed by atoms with Gasteiger partial charge in [0.2, 0.25) is 11.7 Å². The molecule has 0 amide bonds. The van der Waals surface area contributed by atoms with Crippen LogP contribution >= 0.6 is 0 Å². The minimum atomic E-state index is 0.366. The van der Waals surface area contributed by atoms with Crippen LogP contribution in [0.3, 0.4) is 0 Å². The smallest absolute Gasteiger partial charge is 0.238 e. The van der Waals surface area contributed by atoms with Crippen molar-refractivity contribution in [2.24, 2.45) is 0 Å². The second-order valence-electron chi connectivity index (χ2n) is 3.59. The van der Waals surface area contributed by atoms with Gasteiger partial charge in [0.15, 0.2) is 5.76 Å². The van der Waals surface area contributed by atoms with Gasteiger partial charge in [-0.25, -0.2) is 0 Å². The molecule has 0 saturated heterocycles. The predicted molar refractivity (Wildman–Crippen MR) is 58.8 cm³/mol. The number of nitrogens with one attached hydrogen (secondary N) is 1. The molecule has 0 aromatic carbocycles. The zero-order valence-corrected chi connectivity index (χ0v) is 9.43. The first kappa shape index (κ1) is 10.9. The molecule has 5 nitrogen and oxygen atoms in total. The Hall–Kier alpha value is -1.62. The fourth-order valence-electron chi connectivity index (χ4n) is 1.50. The molecule has 5 heteroatoms. The summed E-state index contributed by atoms with van der Waals surface area (Å²) < 4.78 is 10.4. The molecule has 2 aromatic rings. The summed E-state index contributed by atoms with van der Waals surface area (Å²) in [4.78, 5) is 4.28. The summed E-state index contributed by atoms with van der Waals surface area (Å²) in [5.41, 5.74) is 0. The summed E-state index contributed by atoms with van der Waals surface area (Å²) in [6, 6.07) is 3.97. The van der Waals surface area contributed by atoms with Crippen LogP contribution in [0.2, 0.25) is 0 Å². The number of hydrogen-bond acceptors (Lipinski definition) is 5. The Balaban J connectivity index is 2.08. The molecule has 2 aromatic heterocycles. The van der Waals surface area contributed by atoms with E-state index in [9.17, 15) is 0 Å². The maximum atomic E-state index is 5.19. The molecule has 2 rings (SSSR count). The molecule has 0 aliphatic rings. The molecule has 0 radical (unpaired) electrons. The quantitative estimate of drug-likeness (QED) is 0.835. The summed E-state index contributed by atoms with van der Waals surface area (Å²) in [7, 11) is 1.93. The van der Waals surface area contributed by atoms with Crippen LogP contribution in [0.5, 0.6) is 0 Å². The number of aromatic nitrogens is 2. The Bertz CT molecular complexity index is 418. The van der Waals surface area contributed by atoms with E-state index in [4.69, 9.17) is 8.94 Å². The molecular formula is C11H15N3O2. The van der Waals surface area contributed by atoms with Gasteiger partial charge in [0.05, 0.1) is 6.26 Å². The van der Waals surface area contributed by atoms with Gasteiger partial charge in [-0.2, -0.15) is 4.98 Å². The van der Waals surface area contributed by atoms with Gasteiger partial charge in [0, 0.05) is 12.5 Å². The summed E-state index contributed by atoms with van der Waals surface area (Å²) >= 11 is 0. The van der Waals surface area contributed by atoms with Crippen LogP contribution in [0.1, 0.15) is 19.2 Å². The average molecular weight is 221 g/mol. The van der Waals surface area contributed by atoms with Crippen molar-refractivity contribution in [2.75, 3.05) is 7.05 Å². The monoisotopic (exact) mass is 221 g/mol. The molecule has 0 aliphatic heterocycles. The van der Waals surface area contributed by atoms with Crippen LogP contribution in [0.15, 0.2) is 27.3 Å². The Labute approximate surface area is 93.8 Å². The normalized spacial score (nSPS) is 12.9. The van der Waals surface area contributed by atoms with Crippen LogP contribution in [-0.4, -0.2) is 23.2 Å². The fourth-order valence-corrected chi connectivity index (χ4v) is 1.50. The zero-order valence-electron chi connectivity index (χ0n) is 9.43. The second kappa shape index (κ2) is 4.94. The van der Waals surface area contributed by atoms with Crippen LogP contribution < -0.4 is 5.32 Å². The Morgan fingerprint density at radius 3 is 3.00 bits per heavy atom. The van der Waals surface area contributed by atoms with Crippen LogP contribution in [0.25, 0.3) is 11.6 Å². The van der Waals surface area contributed by atoms with Crippen molar-refractivity contribution in [3.8, 4) is 11.6 Å². The molecule has 86 valence electrons. The highest BCUT2D eigenvalue weighted by molar-refractivity contribution is 5.44. The number of rotatable bonds is 5. The SMILES string of the molecule is CCC(Cc1nc(-c2ccco2)no1)NC. The van der Waals surface area contributed by atoms with Gasteiger partial charge < -0.3 is 14.3 Å². The van der Waals surface area contributed by atoms with E-state index < -0.39 is 0 Å². The summed E-state index contributed by atoms with van der Waals surface area (Å²) in [5, 5.41) is 7.07. The minimum absolute atomic E-state index is 0.366. The molecular weight excluding hydrogens is 206 g/mol. The summed E-state index contributed by atoms with van der Waals surface area (Å²) in [5.74, 6) is 1.77. The van der Waals surface area contributed by atoms with Crippen LogP contribution in [0, 0.1) is 0 Å². The molecule has 0 aliphatic carbocycles. The Morgan fingerprint density at radius 2 is 2.38 bits per heavy atom. The molecule has 0 fully saturated rings. The van der Waals surface area contributed by atoms with Crippen molar-refractivity contribution in [3.05, 3.63) is 24.3 Å². The van der Waals surface area contributed by atoms with E-state index in [-0.39, 0.29) is 0 Å². The first-order valence-electron chi connectivity index (χ1n) is 5.37. The van der Waals surface area contributed by atoms with Gasteiger partial charge in [0.25, 0.3) is 0 Å². The number of likely N-dealkylation sites (N-methyl/N-ethyl adjacent to an activating group) is 1. The van der Waals surface area contributed by atoms with Crippen molar-refractivity contribution in [1.82, 2.24) is 15.5 Å². The van der Waals surface area contributed by atoms with Crippen molar-refractivity contribution < 1.29 is 8.94 Å². The molecule has 1 unspecified atom stereocenters. The van der Waals surface area contributed by atoms with E-state index in [0.29, 0.717) is 23.5 Å². The van der Waals surface area contributed by atoms with Crippen molar-refractivity contribution in [1.29, 1.82) is 0 Å². The van der Waals surface area contributed by atoms with Crippen molar-refractivity contribution in [3.63, 3.8) is 0 Å². The van der Waals surface area contributed by atoms with E-state index >= 15 is 0 Å². The maximum absolute atomic E-state index is 5.19. The van der Waals surface area contributed by atoms with Crippen LogP contribution in [0.4, 0.5) is 0 Å². The fraction of sp³-hybridized carbons (Fsp3) is 0.455. The van der Waals surface area contributed by atoms with Crippen molar-refractivity contribution >= 4 is 0 Å². The summed E-state index contributed by atoms with van der Waals surface area (Å²) in [6.45, 7) is 2.12. The number of nitrogens with zero attached hydrogens (tertiary/aromatic N) is 2. The van der Waals surface area contributed by atoms with E-state index in [2.05, 4.69) is 22.4 Å². The summed E-state index contributed by atoms with van der Waals surface area (Å²) in [6.07, 6.45) is 3.35. The highest BCUT2D eigenvalue weighted by Crippen LogP contribution is 2.16. The first-order chi connectivity index (χ1) is 7.83. The topological polar surface area (TPSA) is 64.1 Å². The minimum Gasteiger partial charge on any atom is -0.461 e. The molecule has 2 heterocycles. The molecule has 0 bridgehead atoms. The lowest BCUT2D eigenvalue weighted by Crippen LogP contribution is -2.26.